The van der Waals surface area contributed by atoms with Crippen LogP contribution in [0.5, 0.6) is 5.75 Å². The van der Waals surface area contributed by atoms with Gasteiger partial charge in [0.15, 0.2) is 16.4 Å². The molecule has 0 aromatic heterocycles. The summed E-state index contributed by atoms with van der Waals surface area (Å²) >= 11 is 12.4. The van der Waals surface area contributed by atoms with Crippen molar-refractivity contribution in [2.45, 2.75) is 78.0 Å². The van der Waals surface area contributed by atoms with Crippen LogP contribution in [0.4, 0.5) is 8.78 Å². The molecule has 3 fully saturated rings. The molecule has 0 spiro atoms. The first-order valence-electron chi connectivity index (χ1n) is 14.2. The lowest BCUT2D eigenvalue weighted by atomic mass is 9.77. The summed E-state index contributed by atoms with van der Waals surface area (Å²) in [6, 6.07) is 11.4. The molecule has 2 amide bonds. The van der Waals surface area contributed by atoms with E-state index in [4.69, 9.17) is 27.9 Å². The molecule has 5 rings (SSSR count). The Kier molecular flexibility index (Phi) is 8.75. The molecule has 1 aliphatic heterocycles. The van der Waals surface area contributed by atoms with E-state index >= 15 is 0 Å². The summed E-state index contributed by atoms with van der Waals surface area (Å²) in [5, 5.41) is 11.4. The van der Waals surface area contributed by atoms with Crippen LogP contribution in [0.2, 0.25) is 10.0 Å². The number of amides is 2. The van der Waals surface area contributed by atoms with Crippen LogP contribution in [0.3, 0.4) is 0 Å². The van der Waals surface area contributed by atoms with Crippen LogP contribution < -0.4 is 10.1 Å². The van der Waals surface area contributed by atoms with Crippen LogP contribution in [-0.2, 0) is 24.8 Å². The first-order valence-corrected chi connectivity index (χ1v) is 16.5. The molecular formula is C31H31Cl2F2N3O5S. The molecule has 1 N–H and O–H groups in total. The van der Waals surface area contributed by atoms with E-state index in [9.17, 15) is 32.0 Å². The van der Waals surface area contributed by atoms with E-state index in [0.717, 1.165) is 24.5 Å². The molecule has 3 aliphatic rings. The van der Waals surface area contributed by atoms with Gasteiger partial charge >= 0.3 is 0 Å². The second kappa shape index (κ2) is 12.0. The number of nitrogens with zero attached hydrogens (tertiary/aromatic N) is 2. The highest BCUT2D eigenvalue weighted by atomic mass is 35.5. The number of nitrogens with one attached hydrogen (secondary N) is 1. The van der Waals surface area contributed by atoms with Gasteiger partial charge in [0, 0.05) is 17.6 Å². The van der Waals surface area contributed by atoms with Gasteiger partial charge in [0.05, 0.1) is 26.7 Å². The maximum absolute atomic E-state index is 14.5. The van der Waals surface area contributed by atoms with Crippen molar-refractivity contribution in [2.24, 2.45) is 0 Å². The van der Waals surface area contributed by atoms with E-state index in [1.807, 2.05) is 0 Å². The second-order valence-electron chi connectivity index (χ2n) is 11.7. The van der Waals surface area contributed by atoms with Crippen LogP contribution in [-0.4, -0.2) is 61.0 Å². The normalized spacial score (nSPS) is 22.2. The Morgan fingerprint density at radius 2 is 1.80 bits per heavy atom. The molecular weight excluding hydrogens is 635 g/mol. The number of rotatable bonds is 10. The van der Waals surface area contributed by atoms with Crippen molar-refractivity contribution in [2.75, 3.05) is 13.2 Å². The number of carbonyl (C=O) groups is 2. The van der Waals surface area contributed by atoms with E-state index in [-0.39, 0.29) is 34.5 Å². The van der Waals surface area contributed by atoms with Gasteiger partial charge in [0.25, 0.3) is 5.92 Å². The summed E-state index contributed by atoms with van der Waals surface area (Å²) in [5.41, 5.74) is -1.24. The van der Waals surface area contributed by atoms with Gasteiger partial charge in [0.2, 0.25) is 11.8 Å². The highest BCUT2D eigenvalue weighted by Gasteiger charge is 2.54. The van der Waals surface area contributed by atoms with E-state index in [2.05, 4.69) is 18.0 Å². The van der Waals surface area contributed by atoms with Crippen LogP contribution >= 0.6 is 23.2 Å². The SMILES string of the molecule is C=CC(F)(F)COc1ccc(S(=O)(=O)[C@@H]2C[C@@H](C(=O)NC3(C#N)CC3)N(C(=O)C3(c4ccc(Cl)cc4)CCCC3)C2)c(Cl)c1. The van der Waals surface area contributed by atoms with E-state index in [1.54, 1.807) is 24.3 Å². The van der Waals surface area contributed by atoms with Crippen LogP contribution in [0, 0.1) is 11.3 Å². The lowest BCUT2D eigenvalue weighted by molar-refractivity contribution is -0.143. The number of ether oxygens (including phenoxy) is 1. The molecule has 0 unspecified atom stereocenters. The van der Waals surface area contributed by atoms with Gasteiger partial charge in [-0.25, -0.2) is 8.42 Å². The molecule has 234 valence electrons. The molecule has 1 saturated heterocycles. The zero-order valence-corrected chi connectivity index (χ0v) is 26.0. The first kappa shape index (κ1) is 32.2. The number of likely N-dealkylation sites (tertiary alicyclic amines) is 1. The minimum absolute atomic E-state index is 0.0617. The van der Waals surface area contributed by atoms with Crippen molar-refractivity contribution in [3.63, 3.8) is 0 Å². The maximum Gasteiger partial charge on any atom is 0.299 e. The molecule has 44 heavy (non-hydrogen) atoms. The number of hydrogen-bond acceptors (Lipinski definition) is 6. The minimum Gasteiger partial charge on any atom is -0.487 e. The van der Waals surface area contributed by atoms with Gasteiger partial charge in [0.1, 0.15) is 17.3 Å². The monoisotopic (exact) mass is 665 g/mol. The van der Waals surface area contributed by atoms with Gasteiger partial charge < -0.3 is 15.0 Å². The zero-order chi connectivity index (χ0) is 31.9. The van der Waals surface area contributed by atoms with Gasteiger partial charge in [-0.2, -0.15) is 14.0 Å². The van der Waals surface area contributed by atoms with Crippen molar-refractivity contribution in [1.82, 2.24) is 10.2 Å². The molecule has 2 aromatic rings. The molecule has 0 bridgehead atoms. The summed E-state index contributed by atoms with van der Waals surface area (Å²) in [6.45, 7) is 1.78. The number of hydrogen-bond donors (Lipinski definition) is 1. The third kappa shape index (κ3) is 6.17. The van der Waals surface area contributed by atoms with E-state index < -0.39 is 50.5 Å². The number of halogens is 4. The fraction of sp³-hybridized carbons (Fsp3) is 0.452. The third-order valence-corrected chi connectivity index (χ3v) is 11.7. The molecule has 2 aliphatic carbocycles. The second-order valence-corrected chi connectivity index (χ2v) is 14.7. The van der Waals surface area contributed by atoms with Crippen molar-refractivity contribution in [3.05, 3.63) is 70.7 Å². The lowest BCUT2D eigenvalue weighted by Gasteiger charge is -2.35. The third-order valence-electron chi connectivity index (χ3n) is 8.79. The number of benzene rings is 2. The van der Waals surface area contributed by atoms with Gasteiger partial charge in [-0.15, -0.1) is 0 Å². The largest absolute Gasteiger partial charge is 0.487 e. The summed E-state index contributed by atoms with van der Waals surface area (Å²) in [7, 11) is -4.22. The standard InChI is InChI=1S/C31H31Cl2F2N3O5S/c1-2-31(34,35)19-43-22-9-10-26(24(33)15-22)44(41,42)23-16-25(27(39)37-29(18-36)13-14-29)38(17-23)28(40)30(11-3-4-12-30)20-5-7-21(32)8-6-20/h2,5-10,15,23,25H,1,3-4,11-14,16-17,19H2,(H,37,39)/t23-,25+/m1/s1. The average Bonchev–Trinajstić information content (AvgIpc) is 3.37. The minimum atomic E-state index is -4.22. The Balaban J connectivity index is 1.46. The average molecular weight is 667 g/mol. The molecule has 2 atom stereocenters. The van der Waals surface area contributed by atoms with Crippen LogP contribution in [0.1, 0.15) is 50.5 Å². The smallest absolute Gasteiger partial charge is 0.299 e. The predicted molar refractivity (Wildman–Crippen MR) is 161 cm³/mol. The Bertz CT molecular complexity index is 1620. The summed E-state index contributed by atoms with van der Waals surface area (Å²) in [6.07, 6.45) is 3.77. The highest BCUT2D eigenvalue weighted by molar-refractivity contribution is 7.92. The van der Waals surface area contributed by atoms with E-state index in [0.29, 0.717) is 36.8 Å². The van der Waals surface area contributed by atoms with Crippen molar-refractivity contribution in [3.8, 4) is 11.8 Å². The first-order chi connectivity index (χ1) is 20.8. The quantitative estimate of drug-likeness (QED) is 0.329. The summed E-state index contributed by atoms with van der Waals surface area (Å²) in [5.74, 6) is -4.29. The van der Waals surface area contributed by atoms with Crippen LogP contribution in [0.15, 0.2) is 60.0 Å². The Morgan fingerprint density at radius 3 is 2.36 bits per heavy atom. The summed E-state index contributed by atoms with van der Waals surface area (Å²) < 4.78 is 60.0. The van der Waals surface area contributed by atoms with Gasteiger partial charge in [-0.05, 0) is 68.0 Å². The Labute approximate surface area is 264 Å². The Morgan fingerprint density at radius 1 is 1.14 bits per heavy atom. The van der Waals surface area contributed by atoms with Crippen molar-refractivity contribution < 1.29 is 31.5 Å². The summed E-state index contributed by atoms with van der Waals surface area (Å²) in [4.78, 5) is 29.1. The molecule has 2 aromatic carbocycles. The topological polar surface area (TPSA) is 117 Å². The van der Waals surface area contributed by atoms with Crippen molar-refractivity contribution >= 4 is 44.9 Å². The van der Waals surface area contributed by atoms with Gasteiger partial charge in [-0.3, -0.25) is 9.59 Å². The molecule has 0 radical (unpaired) electrons. The predicted octanol–water partition coefficient (Wildman–Crippen LogP) is 5.62. The van der Waals surface area contributed by atoms with Crippen molar-refractivity contribution in [1.29, 1.82) is 5.26 Å². The Hall–Kier alpha value is -3.20. The zero-order valence-electron chi connectivity index (χ0n) is 23.7. The molecule has 8 nitrogen and oxygen atoms in total. The number of alkyl halides is 2. The van der Waals surface area contributed by atoms with Crippen LogP contribution in [0.25, 0.3) is 0 Å². The number of sulfone groups is 1. The number of nitriles is 1. The number of carbonyl (C=O) groups excluding carboxylic acids is 2. The highest BCUT2D eigenvalue weighted by Crippen LogP contribution is 2.45. The molecule has 1 heterocycles. The lowest BCUT2D eigenvalue weighted by Crippen LogP contribution is -2.54. The fourth-order valence-corrected chi connectivity index (χ4v) is 8.43. The van der Waals surface area contributed by atoms with E-state index in [1.165, 1.54) is 17.0 Å². The fourth-order valence-electron chi connectivity index (χ4n) is 6.07. The van der Waals surface area contributed by atoms with Gasteiger partial charge in [-0.1, -0.05) is 54.8 Å². The molecule has 2 saturated carbocycles. The maximum atomic E-state index is 14.5. The molecule has 13 heteroatoms.